The van der Waals surface area contributed by atoms with E-state index in [9.17, 15) is 4.79 Å². The van der Waals surface area contributed by atoms with E-state index < -0.39 is 0 Å². The van der Waals surface area contributed by atoms with E-state index in [0.29, 0.717) is 29.8 Å². The number of carbonyl (C=O) groups excluding carboxylic acids is 1. The van der Waals surface area contributed by atoms with Crippen molar-refractivity contribution in [1.82, 2.24) is 10.6 Å². The molecule has 144 valence electrons. The highest BCUT2D eigenvalue weighted by molar-refractivity contribution is 6.30. The molecule has 1 heterocycles. The van der Waals surface area contributed by atoms with E-state index in [2.05, 4.69) is 20.9 Å². The van der Waals surface area contributed by atoms with E-state index in [-0.39, 0.29) is 11.7 Å². The lowest BCUT2D eigenvalue weighted by Crippen LogP contribution is -2.36. The molecule has 2 aromatic carbocycles. The Morgan fingerprint density at radius 1 is 1.00 bits per heavy atom. The molecule has 0 fully saturated rings. The van der Waals surface area contributed by atoms with Gasteiger partial charge in [0, 0.05) is 30.8 Å². The van der Waals surface area contributed by atoms with Gasteiger partial charge in [0.05, 0.1) is 6.26 Å². The number of amides is 1. The minimum atomic E-state index is -0.283. The third-order valence-corrected chi connectivity index (χ3v) is 4.20. The molecular weight excluding hydrogens is 376 g/mol. The second kappa shape index (κ2) is 9.62. The number of rotatable bonds is 6. The molecule has 3 N–H and O–H groups in total. The maximum Gasteiger partial charge on any atom is 0.291 e. The zero-order valence-corrected chi connectivity index (χ0v) is 16.2. The molecule has 7 heteroatoms. The summed E-state index contributed by atoms with van der Waals surface area (Å²) < 4.78 is 5.11. The number of guanidine groups is 1. The summed E-state index contributed by atoms with van der Waals surface area (Å²) >= 11 is 6.01. The zero-order valence-electron chi connectivity index (χ0n) is 15.4. The molecule has 1 amide bonds. The van der Waals surface area contributed by atoms with Crippen molar-refractivity contribution in [3.8, 4) is 0 Å². The van der Waals surface area contributed by atoms with E-state index in [0.717, 1.165) is 11.1 Å². The number of nitrogens with zero attached hydrogens (tertiary/aromatic N) is 1. The van der Waals surface area contributed by atoms with Gasteiger partial charge in [0.25, 0.3) is 5.91 Å². The van der Waals surface area contributed by atoms with Crippen LogP contribution in [0.2, 0.25) is 5.02 Å². The number of hydrogen-bond acceptors (Lipinski definition) is 3. The number of carbonyl (C=O) groups is 1. The van der Waals surface area contributed by atoms with Crippen molar-refractivity contribution in [2.24, 2.45) is 4.99 Å². The second-order valence-corrected chi connectivity index (χ2v) is 6.48. The van der Waals surface area contributed by atoms with Crippen molar-refractivity contribution in [2.75, 3.05) is 12.4 Å². The van der Waals surface area contributed by atoms with Crippen molar-refractivity contribution < 1.29 is 9.21 Å². The van der Waals surface area contributed by atoms with Gasteiger partial charge < -0.3 is 20.4 Å². The van der Waals surface area contributed by atoms with Gasteiger partial charge in [-0.2, -0.15) is 0 Å². The average molecular weight is 397 g/mol. The van der Waals surface area contributed by atoms with Gasteiger partial charge in [0.15, 0.2) is 11.7 Å². The smallest absolute Gasteiger partial charge is 0.291 e. The molecule has 0 aliphatic heterocycles. The number of nitrogens with one attached hydrogen (secondary N) is 3. The maximum atomic E-state index is 12.1. The Hall–Kier alpha value is -3.25. The van der Waals surface area contributed by atoms with Crippen LogP contribution >= 0.6 is 11.6 Å². The molecule has 0 atom stereocenters. The summed E-state index contributed by atoms with van der Waals surface area (Å²) in [5.74, 6) is 0.660. The Morgan fingerprint density at radius 2 is 1.71 bits per heavy atom. The molecule has 0 radical (unpaired) electrons. The summed E-state index contributed by atoms with van der Waals surface area (Å²) in [4.78, 5) is 16.3. The predicted octanol–water partition coefficient (Wildman–Crippen LogP) is 4.05. The fraction of sp³-hybridized carbons (Fsp3) is 0.143. The molecule has 0 bridgehead atoms. The van der Waals surface area contributed by atoms with Gasteiger partial charge >= 0.3 is 0 Å². The van der Waals surface area contributed by atoms with Crippen LogP contribution in [0.25, 0.3) is 0 Å². The van der Waals surface area contributed by atoms with Gasteiger partial charge in [-0.3, -0.25) is 9.79 Å². The van der Waals surface area contributed by atoms with E-state index in [1.165, 1.54) is 6.26 Å². The third kappa shape index (κ3) is 5.62. The highest BCUT2D eigenvalue weighted by Crippen LogP contribution is 2.13. The predicted molar refractivity (Wildman–Crippen MR) is 112 cm³/mol. The maximum absolute atomic E-state index is 12.1. The molecular formula is C21H21ClN4O2. The summed E-state index contributed by atoms with van der Waals surface area (Å²) in [7, 11) is 1.72. The Balaban J connectivity index is 1.53. The fourth-order valence-electron chi connectivity index (χ4n) is 2.60. The van der Waals surface area contributed by atoms with Crippen LogP contribution in [0.1, 0.15) is 21.7 Å². The van der Waals surface area contributed by atoms with Crippen LogP contribution in [-0.4, -0.2) is 18.9 Å². The number of aliphatic imine (C=N–C) groups is 1. The Morgan fingerprint density at radius 3 is 2.36 bits per heavy atom. The van der Waals surface area contributed by atoms with Crippen molar-refractivity contribution >= 4 is 29.2 Å². The Kier molecular flexibility index (Phi) is 6.70. The second-order valence-electron chi connectivity index (χ2n) is 6.04. The van der Waals surface area contributed by atoms with Crippen molar-refractivity contribution in [3.05, 3.63) is 88.8 Å². The number of anilines is 1. The van der Waals surface area contributed by atoms with E-state index >= 15 is 0 Å². The van der Waals surface area contributed by atoms with E-state index in [4.69, 9.17) is 16.0 Å². The molecule has 0 saturated carbocycles. The zero-order chi connectivity index (χ0) is 19.8. The Bertz CT molecular complexity index is 955. The van der Waals surface area contributed by atoms with Gasteiger partial charge in [0.2, 0.25) is 0 Å². The summed E-state index contributed by atoms with van der Waals surface area (Å²) in [6, 6.07) is 18.6. The summed E-state index contributed by atoms with van der Waals surface area (Å²) in [5, 5.41) is 10.0. The first-order chi connectivity index (χ1) is 13.6. The monoisotopic (exact) mass is 396 g/mol. The largest absolute Gasteiger partial charge is 0.459 e. The van der Waals surface area contributed by atoms with Crippen LogP contribution in [0.3, 0.4) is 0 Å². The molecule has 0 saturated heterocycles. The topological polar surface area (TPSA) is 78.7 Å². The van der Waals surface area contributed by atoms with Crippen LogP contribution in [0.4, 0.5) is 5.69 Å². The number of benzene rings is 2. The van der Waals surface area contributed by atoms with Crippen LogP contribution in [0, 0.1) is 0 Å². The van der Waals surface area contributed by atoms with Gasteiger partial charge in [-0.15, -0.1) is 0 Å². The molecule has 1 aromatic heterocycles. The highest BCUT2D eigenvalue weighted by Gasteiger charge is 2.09. The molecule has 3 aromatic rings. The van der Waals surface area contributed by atoms with Crippen molar-refractivity contribution in [2.45, 2.75) is 13.1 Å². The molecule has 28 heavy (non-hydrogen) atoms. The lowest BCUT2D eigenvalue weighted by atomic mass is 10.2. The van der Waals surface area contributed by atoms with E-state index in [1.807, 2.05) is 48.5 Å². The molecule has 0 unspecified atom stereocenters. The molecule has 0 aliphatic carbocycles. The average Bonchev–Trinajstić information content (AvgIpc) is 3.23. The van der Waals surface area contributed by atoms with Crippen molar-refractivity contribution in [1.29, 1.82) is 0 Å². The van der Waals surface area contributed by atoms with Crippen LogP contribution < -0.4 is 16.0 Å². The number of furan rings is 1. The summed E-state index contributed by atoms with van der Waals surface area (Å²) in [5.41, 5.74) is 2.77. The van der Waals surface area contributed by atoms with Crippen LogP contribution in [-0.2, 0) is 13.1 Å². The molecule has 3 rings (SSSR count). The minimum absolute atomic E-state index is 0.272. The normalized spacial score (nSPS) is 11.1. The lowest BCUT2D eigenvalue weighted by molar-refractivity contribution is 0.0996. The number of halogens is 1. The summed E-state index contributed by atoms with van der Waals surface area (Å²) in [6.07, 6.45) is 1.47. The first kappa shape index (κ1) is 19.5. The molecule has 0 spiro atoms. The molecule has 0 aliphatic rings. The van der Waals surface area contributed by atoms with Gasteiger partial charge in [0.1, 0.15) is 0 Å². The van der Waals surface area contributed by atoms with Crippen LogP contribution in [0.15, 0.2) is 76.3 Å². The van der Waals surface area contributed by atoms with Gasteiger partial charge in [-0.1, -0.05) is 35.9 Å². The van der Waals surface area contributed by atoms with Gasteiger partial charge in [-0.05, 0) is 47.5 Å². The molecule has 6 nitrogen and oxygen atoms in total. The third-order valence-electron chi connectivity index (χ3n) is 3.96. The highest BCUT2D eigenvalue weighted by atomic mass is 35.5. The van der Waals surface area contributed by atoms with Gasteiger partial charge in [-0.25, -0.2) is 0 Å². The van der Waals surface area contributed by atoms with E-state index in [1.54, 1.807) is 19.2 Å². The first-order valence-corrected chi connectivity index (χ1v) is 9.14. The lowest BCUT2D eigenvalue weighted by Gasteiger charge is -2.13. The standard InChI is InChI=1S/C21H21ClN4O2/c1-23-21(24-13-15-5-2-7-17(22)11-15)25-14-16-6-3-8-18(12-16)26-20(27)19-9-4-10-28-19/h2-12H,13-14H2,1H3,(H,26,27)(H2,23,24,25). The van der Waals surface area contributed by atoms with Crippen LogP contribution in [0.5, 0.6) is 0 Å². The first-order valence-electron chi connectivity index (χ1n) is 8.77. The number of hydrogen-bond donors (Lipinski definition) is 3. The fourth-order valence-corrected chi connectivity index (χ4v) is 2.81. The quantitative estimate of drug-likeness (QED) is 0.434. The van der Waals surface area contributed by atoms with Crippen molar-refractivity contribution in [3.63, 3.8) is 0 Å². The Labute approximate surface area is 168 Å². The SMILES string of the molecule is CN=C(NCc1cccc(Cl)c1)NCc1cccc(NC(=O)c2ccco2)c1. The summed E-state index contributed by atoms with van der Waals surface area (Å²) in [6.45, 7) is 1.17. The minimum Gasteiger partial charge on any atom is -0.459 e.